The van der Waals surface area contributed by atoms with Crippen molar-refractivity contribution < 1.29 is 19.2 Å². The molecule has 1 heterocycles. The molecule has 0 aliphatic carbocycles. The van der Waals surface area contributed by atoms with Crippen LogP contribution in [0.5, 0.6) is 5.75 Å². The van der Waals surface area contributed by atoms with Crippen molar-refractivity contribution in [3.05, 3.63) is 56.0 Å². The van der Waals surface area contributed by atoms with Crippen LogP contribution in [0.15, 0.2) is 30.3 Å². The van der Waals surface area contributed by atoms with E-state index in [2.05, 4.69) is 11.8 Å². The Labute approximate surface area is 123 Å². The summed E-state index contributed by atoms with van der Waals surface area (Å²) in [6, 6.07) is 6.71. The third kappa shape index (κ3) is 4.02. The van der Waals surface area contributed by atoms with E-state index in [9.17, 15) is 14.5 Å². The fourth-order valence-electron chi connectivity index (χ4n) is 1.55. The van der Waals surface area contributed by atoms with Crippen molar-refractivity contribution in [2.24, 2.45) is 0 Å². The number of nitrogens with zero attached hydrogens (tertiary/aromatic N) is 1. The van der Waals surface area contributed by atoms with Gasteiger partial charge in [-0.3, -0.25) is 10.1 Å². The fraction of sp³-hybridized carbons (Fsp3) is 0.143. The molecule has 0 unspecified atom stereocenters. The Morgan fingerprint density at radius 2 is 2.19 bits per heavy atom. The minimum Gasteiger partial charge on any atom is -0.481 e. The first-order valence-electron chi connectivity index (χ1n) is 5.85. The number of nitro benzene ring substituents is 1. The lowest BCUT2D eigenvalue weighted by atomic mass is 10.3. The van der Waals surface area contributed by atoms with E-state index in [-0.39, 0.29) is 19.0 Å². The molecule has 0 fully saturated rings. The number of nitro groups is 1. The van der Waals surface area contributed by atoms with Crippen molar-refractivity contribution >= 4 is 17.0 Å². The Morgan fingerprint density at radius 3 is 2.90 bits per heavy atom. The number of thiophene rings is 1. The van der Waals surface area contributed by atoms with Gasteiger partial charge >= 0.3 is 5.69 Å². The number of aliphatic hydroxyl groups excluding tert-OH is 1. The second-order valence-electron chi connectivity index (χ2n) is 3.88. The summed E-state index contributed by atoms with van der Waals surface area (Å²) in [4.78, 5) is 11.7. The highest BCUT2D eigenvalue weighted by molar-refractivity contribution is 7.12. The van der Waals surface area contributed by atoms with E-state index in [4.69, 9.17) is 9.84 Å². The van der Waals surface area contributed by atoms with E-state index < -0.39 is 16.4 Å². The third-order valence-corrected chi connectivity index (χ3v) is 3.41. The maximum atomic E-state index is 13.0. The number of hydrogen-bond donors (Lipinski definition) is 1. The van der Waals surface area contributed by atoms with Crippen LogP contribution >= 0.6 is 11.3 Å². The Bertz CT molecular complexity index is 717. The number of hydrogen-bond acceptors (Lipinski definition) is 5. The molecule has 0 spiro atoms. The first-order chi connectivity index (χ1) is 10.1. The zero-order chi connectivity index (χ0) is 15.2. The predicted octanol–water partition coefficient (Wildman–Crippen LogP) is 2.72. The van der Waals surface area contributed by atoms with Crippen LogP contribution < -0.4 is 4.74 Å². The molecule has 108 valence electrons. The molecule has 0 radical (unpaired) electrons. The minimum atomic E-state index is -0.689. The van der Waals surface area contributed by atoms with Gasteiger partial charge in [0.05, 0.1) is 15.9 Å². The van der Waals surface area contributed by atoms with Crippen molar-refractivity contribution in [1.29, 1.82) is 0 Å². The largest absolute Gasteiger partial charge is 0.481 e. The molecule has 0 saturated carbocycles. The van der Waals surface area contributed by atoms with Crippen LogP contribution in [-0.2, 0) is 6.61 Å². The predicted molar refractivity (Wildman–Crippen MR) is 75.7 cm³/mol. The number of aliphatic hydroxyl groups is 1. The highest BCUT2D eigenvalue weighted by atomic mass is 32.1. The van der Waals surface area contributed by atoms with Crippen molar-refractivity contribution in [3.63, 3.8) is 0 Å². The zero-order valence-corrected chi connectivity index (χ0v) is 11.5. The maximum absolute atomic E-state index is 13.0. The standard InChI is InChI=1S/C14H10FNO4S/c15-10-3-6-14(13(8-10)16(18)19)20-9-12-5-4-11(21-12)2-1-7-17/h3-6,8,17H,7,9H2. The summed E-state index contributed by atoms with van der Waals surface area (Å²) in [5.41, 5.74) is -0.410. The molecule has 2 aromatic rings. The molecule has 1 aromatic carbocycles. The van der Waals surface area contributed by atoms with E-state index >= 15 is 0 Å². The van der Waals surface area contributed by atoms with Crippen LogP contribution in [0.2, 0.25) is 0 Å². The third-order valence-electron chi connectivity index (χ3n) is 2.44. The van der Waals surface area contributed by atoms with Gasteiger partial charge in [-0.1, -0.05) is 11.8 Å². The second-order valence-corrected chi connectivity index (χ2v) is 5.05. The lowest BCUT2D eigenvalue weighted by Gasteiger charge is -2.05. The van der Waals surface area contributed by atoms with Gasteiger partial charge in [0.2, 0.25) is 0 Å². The zero-order valence-electron chi connectivity index (χ0n) is 10.7. The maximum Gasteiger partial charge on any atom is 0.313 e. The second kappa shape index (κ2) is 6.83. The lowest BCUT2D eigenvalue weighted by Crippen LogP contribution is -1.98. The molecule has 0 bridgehead atoms. The summed E-state index contributed by atoms with van der Waals surface area (Å²) in [6.07, 6.45) is 0. The van der Waals surface area contributed by atoms with E-state index in [1.807, 2.05) is 0 Å². The number of rotatable bonds is 4. The summed E-state index contributed by atoms with van der Waals surface area (Å²) in [5.74, 6) is 4.60. The van der Waals surface area contributed by atoms with E-state index in [0.29, 0.717) is 0 Å². The van der Waals surface area contributed by atoms with Crippen LogP contribution in [0.1, 0.15) is 9.75 Å². The van der Waals surface area contributed by atoms with Gasteiger partial charge in [0, 0.05) is 4.88 Å². The van der Waals surface area contributed by atoms with Gasteiger partial charge < -0.3 is 9.84 Å². The summed E-state index contributed by atoms with van der Waals surface area (Å²) in [6.45, 7) is -0.0938. The van der Waals surface area contributed by atoms with Crippen molar-refractivity contribution in [3.8, 4) is 17.6 Å². The molecule has 2 rings (SSSR count). The molecule has 1 aromatic heterocycles. The van der Waals surface area contributed by atoms with Gasteiger partial charge in [-0.05, 0) is 24.3 Å². The van der Waals surface area contributed by atoms with Crippen molar-refractivity contribution in [1.82, 2.24) is 0 Å². The Morgan fingerprint density at radius 1 is 1.38 bits per heavy atom. The SMILES string of the molecule is O=[N+]([O-])c1cc(F)ccc1OCc1ccc(C#CCO)s1. The highest BCUT2D eigenvalue weighted by Crippen LogP contribution is 2.28. The van der Waals surface area contributed by atoms with E-state index in [0.717, 1.165) is 21.9 Å². The Kier molecular flexibility index (Phi) is 4.87. The summed E-state index contributed by atoms with van der Waals surface area (Å²) in [7, 11) is 0. The summed E-state index contributed by atoms with van der Waals surface area (Å²) < 4.78 is 18.4. The van der Waals surface area contributed by atoms with Crippen LogP contribution in [0, 0.1) is 27.8 Å². The number of benzene rings is 1. The molecule has 5 nitrogen and oxygen atoms in total. The van der Waals surface area contributed by atoms with Gasteiger partial charge in [0.1, 0.15) is 19.0 Å². The quantitative estimate of drug-likeness (QED) is 0.535. The molecule has 0 saturated heterocycles. The molecule has 0 aliphatic heterocycles. The monoisotopic (exact) mass is 307 g/mol. The van der Waals surface area contributed by atoms with E-state index in [1.165, 1.54) is 17.4 Å². The average Bonchev–Trinajstić information content (AvgIpc) is 2.91. The topological polar surface area (TPSA) is 72.6 Å². The van der Waals surface area contributed by atoms with Crippen LogP contribution in [-0.4, -0.2) is 16.6 Å². The highest BCUT2D eigenvalue weighted by Gasteiger charge is 2.16. The molecular weight excluding hydrogens is 297 g/mol. The Balaban J connectivity index is 2.09. The number of ether oxygens (including phenoxy) is 1. The van der Waals surface area contributed by atoms with Gasteiger partial charge in [-0.15, -0.1) is 11.3 Å². The first-order valence-corrected chi connectivity index (χ1v) is 6.67. The lowest BCUT2D eigenvalue weighted by molar-refractivity contribution is -0.386. The Hall–Kier alpha value is -2.43. The minimum absolute atomic E-state index is 0.0118. The van der Waals surface area contributed by atoms with E-state index in [1.54, 1.807) is 12.1 Å². The molecule has 0 atom stereocenters. The van der Waals surface area contributed by atoms with Crippen LogP contribution in [0.4, 0.5) is 10.1 Å². The number of halogens is 1. The molecule has 0 amide bonds. The van der Waals surface area contributed by atoms with Gasteiger partial charge in [-0.2, -0.15) is 0 Å². The average molecular weight is 307 g/mol. The smallest absolute Gasteiger partial charge is 0.313 e. The molecule has 0 aliphatic rings. The summed E-state index contributed by atoms with van der Waals surface area (Å²) >= 11 is 1.36. The van der Waals surface area contributed by atoms with Crippen LogP contribution in [0.25, 0.3) is 0 Å². The normalized spacial score (nSPS) is 9.81. The molecule has 1 N–H and O–H groups in total. The summed E-state index contributed by atoms with van der Waals surface area (Å²) in [5, 5.41) is 19.4. The molecule has 7 heteroatoms. The first kappa shape index (κ1) is 15.0. The van der Waals surface area contributed by atoms with Gasteiger partial charge in [0.15, 0.2) is 5.75 Å². The van der Waals surface area contributed by atoms with Gasteiger partial charge in [-0.25, -0.2) is 4.39 Å². The molecule has 21 heavy (non-hydrogen) atoms. The fourth-order valence-corrected chi connectivity index (χ4v) is 2.35. The van der Waals surface area contributed by atoms with Gasteiger partial charge in [0.25, 0.3) is 0 Å². The van der Waals surface area contributed by atoms with Crippen LogP contribution in [0.3, 0.4) is 0 Å². The van der Waals surface area contributed by atoms with Crippen molar-refractivity contribution in [2.45, 2.75) is 6.61 Å². The van der Waals surface area contributed by atoms with Crippen molar-refractivity contribution in [2.75, 3.05) is 6.61 Å². The molecular formula is C14H10FNO4S.